The van der Waals surface area contributed by atoms with Crippen molar-refractivity contribution >= 4 is 5.65 Å². The first-order chi connectivity index (χ1) is 14.3. The average Bonchev–Trinajstić information content (AvgIpc) is 3.40. The van der Waals surface area contributed by atoms with E-state index >= 15 is 0 Å². The van der Waals surface area contributed by atoms with Gasteiger partial charge in [-0.3, -0.25) is 13.9 Å². The maximum Gasteiger partial charge on any atom is 0.455 e. The molecule has 0 bridgehead atoms. The molecule has 0 saturated heterocycles. The number of nitrogens with zero attached hydrogens (tertiary/aromatic N) is 4. The van der Waals surface area contributed by atoms with Gasteiger partial charge in [0.2, 0.25) is 0 Å². The number of alkyl halides is 8. The molecule has 3 heterocycles. The van der Waals surface area contributed by atoms with Crippen LogP contribution in [0.15, 0.2) is 35.5 Å². The Morgan fingerprint density at radius 3 is 2.26 bits per heavy atom. The van der Waals surface area contributed by atoms with Crippen LogP contribution in [0.5, 0.6) is 0 Å². The van der Waals surface area contributed by atoms with E-state index in [0.717, 1.165) is 22.8 Å². The van der Waals surface area contributed by atoms with Crippen molar-refractivity contribution in [3.63, 3.8) is 0 Å². The lowest BCUT2D eigenvalue weighted by atomic mass is 10.1. The normalized spacial score (nSPS) is 15.6. The first-order valence-electron chi connectivity index (χ1n) is 8.89. The second kappa shape index (κ2) is 6.76. The second-order valence-electron chi connectivity index (χ2n) is 7.23. The standard InChI is InChI=1S/C18H12F8N4O/c19-16(20,18(24,25)26)8-29-6-11(5-27-29)13-14(17(21,22)23)28-12-4-3-10(9-1-2-9)7-30(12)15(13)31/h3-7,9H,1-2,8H2. The molecular formula is C18H12F8N4O. The molecule has 1 aliphatic carbocycles. The zero-order valence-electron chi connectivity index (χ0n) is 15.3. The number of hydrogen-bond donors (Lipinski definition) is 0. The SMILES string of the molecule is O=c1c(-c2cnn(CC(F)(F)C(F)(F)F)c2)c(C(F)(F)F)nc2ccc(C3CC3)cn12. The maximum absolute atomic E-state index is 13.6. The average molecular weight is 452 g/mol. The van der Waals surface area contributed by atoms with Crippen molar-refractivity contribution in [3.05, 3.63) is 52.3 Å². The summed E-state index contributed by atoms with van der Waals surface area (Å²) in [4.78, 5) is 16.4. The highest BCUT2D eigenvalue weighted by Gasteiger charge is 2.57. The van der Waals surface area contributed by atoms with E-state index in [1.54, 1.807) is 6.07 Å². The molecule has 13 heteroatoms. The Labute approximate surface area is 167 Å². The molecule has 3 aromatic rings. The fraction of sp³-hybridized carbons (Fsp3) is 0.389. The van der Waals surface area contributed by atoms with Crippen LogP contribution in [-0.4, -0.2) is 31.3 Å². The van der Waals surface area contributed by atoms with Crippen molar-refractivity contribution in [2.45, 2.75) is 43.6 Å². The fourth-order valence-electron chi connectivity index (χ4n) is 3.15. The first-order valence-corrected chi connectivity index (χ1v) is 8.89. The summed E-state index contributed by atoms with van der Waals surface area (Å²) in [5.74, 6) is -4.99. The van der Waals surface area contributed by atoms with Crippen LogP contribution in [0.3, 0.4) is 0 Å². The lowest BCUT2D eigenvalue weighted by Gasteiger charge is -2.19. The van der Waals surface area contributed by atoms with Gasteiger partial charge in [-0.2, -0.15) is 40.2 Å². The minimum Gasteiger partial charge on any atom is -0.268 e. The van der Waals surface area contributed by atoms with E-state index in [0.29, 0.717) is 12.4 Å². The molecule has 0 aliphatic heterocycles. The van der Waals surface area contributed by atoms with Crippen LogP contribution in [-0.2, 0) is 12.7 Å². The van der Waals surface area contributed by atoms with Crippen LogP contribution in [0, 0.1) is 0 Å². The molecule has 0 aromatic carbocycles. The topological polar surface area (TPSA) is 52.2 Å². The van der Waals surface area contributed by atoms with Gasteiger partial charge in [-0.1, -0.05) is 6.07 Å². The van der Waals surface area contributed by atoms with Crippen molar-refractivity contribution in [2.24, 2.45) is 0 Å². The molecule has 31 heavy (non-hydrogen) atoms. The monoisotopic (exact) mass is 452 g/mol. The van der Waals surface area contributed by atoms with Crippen LogP contribution in [0.4, 0.5) is 35.1 Å². The van der Waals surface area contributed by atoms with Gasteiger partial charge in [-0.15, -0.1) is 0 Å². The summed E-state index contributed by atoms with van der Waals surface area (Å²) in [7, 11) is 0. The Balaban J connectivity index is 1.85. The highest BCUT2D eigenvalue weighted by atomic mass is 19.4. The Hall–Kier alpha value is -2.99. The van der Waals surface area contributed by atoms with Crippen molar-refractivity contribution in [3.8, 4) is 11.1 Å². The second-order valence-corrected chi connectivity index (χ2v) is 7.23. The summed E-state index contributed by atoms with van der Waals surface area (Å²) in [6.07, 6.45) is -6.73. The highest BCUT2D eigenvalue weighted by molar-refractivity contribution is 5.66. The zero-order chi connectivity index (χ0) is 22.8. The van der Waals surface area contributed by atoms with E-state index in [1.807, 2.05) is 0 Å². The summed E-state index contributed by atoms with van der Waals surface area (Å²) in [5, 5.41) is 3.28. The summed E-state index contributed by atoms with van der Waals surface area (Å²) < 4.78 is 106. The largest absolute Gasteiger partial charge is 0.455 e. The molecule has 0 radical (unpaired) electrons. The van der Waals surface area contributed by atoms with Crippen LogP contribution in [0.25, 0.3) is 16.8 Å². The predicted octanol–water partition coefficient (Wildman–Crippen LogP) is 4.65. The molecule has 0 atom stereocenters. The van der Waals surface area contributed by atoms with Crippen LogP contribution in [0.2, 0.25) is 0 Å². The first kappa shape index (κ1) is 21.2. The molecule has 3 aromatic heterocycles. The Morgan fingerprint density at radius 2 is 1.68 bits per heavy atom. The fourth-order valence-corrected chi connectivity index (χ4v) is 3.15. The number of halogens is 8. The predicted molar refractivity (Wildman–Crippen MR) is 90.7 cm³/mol. The van der Waals surface area contributed by atoms with E-state index < -0.39 is 47.2 Å². The Morgan fingerprint density at radius 1 is 1.00 bits per heavy atom. The molecule has 166 valence electrons. The van der Waals surface area contributed by atoms with Crippen molar-refractivity contribution in [1.29, 1.82) is 0 Å². The van der Waals surface area contributed by atoms with Crippen LogP contribution < -0.4 is 5.56 Å². The van der Waals surface area contributed by atoms with Crippen molar-refractivity contribution < 1.29 is 35.1 Å². The van der Waals surface area contributed by atoms with E-state index in [1.165, 1.54) is 12.3 Å². The number of aromatic nitrogens is 4. The molecule has 1 saturated carbocycles. The van der Waals surface area contributed by atoms with Gasteiger partial charge in [0.1, 0.15) is 12.2 Å². The lowest BCUT2D eigenvalue weighted by Crippen LogP contribution is -2.40. The van der Waals surface area contributed by atoms with E-state index in [-0.39, 0.29) is 16.2 Å². The third-order valence-electron chi connectivity index (χ3n) is 4.86. The van der Waals surface area contributed by atoms with Gasteiger partial charge < -0.3 is 0 Å². The third-order valence-corrected chi connectivity index (χ3v) is 4.86. The zero-order valence-corrected chi connectivity index (χ0v) is 15.3. The summed E-state index contributed by atoms with van der Waals surface area (Å²) in [6, 6.07) is 2.83. The minimum atomic E-state index is -5.88. The third kappa shape index (κ3) is 3.88. The smallest absolute Gasteiger partial charge is 0.268 e. The van der Waals surface area contributed by atoms with Gasteiger partial charge in [-0.05, 0) is 30.4 Å². The van der Waals surface area contributed by atoms with E-state index in [9.17, 15) is 39.9 Å². The Bertz CT molecular complexity index is 1200. The van der Waals surface area contributed by atoms with Gasteiger partial charge in [0.15, 0.2) is 5.69 Å². The molecule has 4 rings (SSSR count). The number of fused-ring (bicyclic) bond motifs is 1. The van der Waals surface area contributed by atoms with E-state index in [2.05, 4.69) is 10.1 Å². The molecular weight excluding hydrogens is 440 g/mol. The van der Waals surface area contributed by atoms with Gasteiger partial charge >= 0.3 is 18.3 Å². The van der Waals surface area contributed by atoms with Crippen molar-refractivity contribution in [2.75, 3.05) is 0 Å². The molecule has 1 aliphatic rings. The molecule has 5 nitrogen and oxygen atoms in total. The summed E-state index contributed by atoms with van der Waals surface area (Å²) in [6.45, 7) is -1.95. The molecule has 0 unspecified atom stereocenters. The van der Waals surface area contributed by atoms with Crippen LogP contribution in [0.1, 0.15) is 30.0 Å². The summed E-state index contributed by atoms with van der Waals surface area (Å²) in [5.41, 5.74) is -3.83. The molecule has 0 spiro atoms. The number of rotatable bonds is 4. The van der Waals surface area contributed by atoms with Crippen molar-refractivity contribution in [1.82, 2.24) is 19.2 Å². The van der Waals surface area contributed by atoms with Gasteiger partial charge in [0.05, 0.1) is 11.8 Å². The molecule has 0 amide bonds. The highest BCUT2D eigenvalue weighted by Crippen LogP contribution is 2.40. The minimum absolute atomic E-state index is 0.137. The maximum atomic E-state index is 13.6. The van der Waals surface area contributed by atoms with E-state index in [4.69, 9.17) is 0 Å². The van der Waals surface area contributed by atoms with Gasteiger partial charge in [-0.25, -0.2) is 4.98 Å². The summed E-state index contributed by atoms with van der Waals surface area (Å²) >= 11 is 0. The number of pyridine rings is 1. The molecule has 0 N–H and O–H groups in total. The Kier molecular flexibility index (Phi) is 4.63. The lowest BCUT2D eigenvalue weighted by molar-refractivity contribution is -0.287. The van der Waals surface area contributed by atoms with Crippen LogP contribution >= 0.6 is 0 Å². The quantitative estimate of drug-likeness (QED) is 0.542. The van der Waals surface area contributed by atoms with Gasteiger partial charge in [0, 0.05) is 18.0 Å². The number of hydrogen-bond acceptors (Lipinski definition) is 3. The molecule has 1 fully saturated rings. The van der Waals surface area contributed by atoms with Gasteiger partial charge in [0.25, 0.3) is 5.56 Å².